The molecule has 148 valence electrons. The maximum absolute atomic E-state index is 12.8. The lowest BCUT2D eigenvalue weighted by Gasteiger charge is -2.30. The van der Waals surface area contributed by atoms with Gasteiger partial charge in [-0.2, -0.15) is 0 Å². The monoisotopic (exact) mass is 409 g/mol. The quantitative estimate of drug-likeness (QED) is 0.492. The zero-order valence-corrected chi connectivity index (χ0v) is 16.5. The molecule has 2 heterocycles. The lowest BCUT2D eigenvalue weighted by atomic mass is 10.0. The molecule has 1 N–H and O–H groups in total. The van der Waals surface area contributed by atoms with E-state index in [1.807, 2.05) is 42.5 Å². The molecule has 0 radical (unpaired) electrons. The Morgan fingerprint density at radius 1 is 1.17 bits per heavy atom. The second-order valence-corrected chi connectivity index (χ2v) is 7.74. The minimum absolute atomic E-state index is 0.225. The molecule has 1 amide bonds. The topological polar surface area (TPSA) is 84.7 Å². The molecule has 2 aromatic carbocycles. The average Bonchev–Trinajstić information content (AvgIpc) is 3.16. The number of carbonyl (C=O) groups is 2. The van der Waals surface area contributed by atoms with Crippen LogP contribution in [0.3, 0.4) is 0 Å². The van der Waals surface area contributed by atoms with Crippen LogP contribution in [0.1, 0.15) is 21.7 Å². The van der Waals surface area contributed by atoms with E-state index < -0.39 is 11.9 Å². The van der Waals surface area contributed by atoms with Gasteiger partial charge in [0.25, 0.3) is 5.91 Å². The minimum atomic E-state index is -0.940. The number of ether oxygens (including phenoxy) is 1. The van der Waals surface area contributed by atoms with Gasteiger partial charge in [0.1, 0.15) is 6.61 Å². The highest BCUT2D eigenvalue weighted by molar-refractivity contribution is 7.97. The number of hydrogen-bond acceptors (Lipinski definition) is 7. The number of nitrogens with zero attached hydrogens (tertiary/aromatic N) is 2. The molecule has 4 rings (SSSR count). The minimum Gasteiger partial charge on any atom is -0.369 e. The zero-order chi connectivity index (χ0) is 20.2. The Morgan fingerprint density at radius 3 is 2.76 bits per heavy atom. The third-order valence-corrected chi connectivity index (χ3v) is 5.47. The maximum Gasteiger partial charge on any atom is 0.251 e. The Bertz CT molecular complexity index is 1020. The van der Waals surface area contributed by atoms with Crippen LogP contribution in [0.25, 0.3) is 0 Å². The molecule has 1 aliphatic heterocycles. The average molecular weight is 409 g/mol. The van der Waals surface area contributed by atoms with Gasteiger partial charge in [0.05, 0.1) is 6.61 Å². The van der Waals surface area contributed by atoms with Gasteiger partial charge in [0.2, 0.25) is 0 Å². The molecule has 1 aliphatic rings. The van der Waals surface area contributed by atoms with Gasteiger partial charge in [-0.3, -0.25) is 9.59 Å². The highest BCUT2D eigenvalue weighted by Crippen LogP contribution is 2.34. The van der Waals surface area contributed by atoms with Crippen molar-refractivity contribution in [2.45, 2.75) is 24.2 Å². The Balaban J connectivity index is 1.36. The first-order valence-electron chi connectivity index (χ1n) is 9.04. The first-order chi connectivity index (χ1) is 14.1. The van der Waals surface area contributed by atoms with E-state index in [-0.39, 0.29) is 18.2 Å². The van der Waals surface area contributed by atoms with E-state index in [1.165, 1.54) is 11.9 Å². The zero-order valence-electron chi connectivity index (χ0n) is 15.7. The van der Waals surface area contributed by atoms with Gasteiger partial charge in [0, 0.05) is 16.5 Å². The summed E-state index contributed by atoms with van der Waals surface area (Å²) in [6.07, 6.45) is 0. The number of aromatic nitrogens is 1. The van der Waals surface area contributed by atoms with Gasteiger partial charge in [-0.1, -0.05) is 53.7 Å². The lowest BCUT2D eigenvalue weighted by Crippen LogP contribution is -2.46. The SMILES string of the molecule is CN1Sc2ccccc2C(=O)C1C(=O)Nc1cc(COCc2ccccc2)on1. The second-order valence-electron chi connectivity index (χ2n) is 6.55. The van der Waals surface area contributed by atoms with E-state index in [9.17, 15) is 9.59 Å². The third kappa shape index (κ3) is 4.40. The van der Waals surface area contributed by atoms with Crippen molar-refractivity contribution in [2.24, 2.45) is 0 Å². The largest absolute Gasteiger partial charge is 0.369 e. The summed E-state index contributed by atoms with van der Waals surface area (Å²) >= 11 is 1.36. The van der Waals surface area contributed by atoms with Crippen molar-refractivity contribution in [1.29, 1.82) is 0 Å². The molecule has 0 spiro atoms. The maximum atomic E-state index is 12.8. The summed E-state index contributed by atoms with van der Waals surface area (Å²) in [4.78, 5) is 26.3. The Hall–Kier alpha value is -2.94. The van der Waals surface area contributed by atoms with Crippen LogP contribution in [0, 0.1) is 0 Å². The van der Waals surface area contributed by atoms with Crippen LogP contribution >= 0.6 is 11.9 Å². The highest BCUT2D eigenvalue weighted by Gasteiger charge is 2.37. The van der Waals surface area contributed by atoms with E-state index in [2.05, 4.69) is 10.5 Å². The fourth-order valence-electron chi connectivity index (χ4n) is 3.03. The molecule has 29 heavy (non-hydrogen) atoms. The van der Waals surface area contributed by atoms with Crippen molar-refractivity contribution < 1.29 is 18.8 Å². The molecule has 0 saturated heterocycles. The van der Waals surface area contributed by atoms with Gasteiger partial charge < -0.3 is 14.6 Å². The predicted molar refractivity (Wildman–Crippen MR) is 108 cm³/mol. The lowest BCUT2D eigenvalue weighted by molar-refractivity contribution is -0.118. The summed E-state index contributed by atoms with van der Waals surface area (Å²) in [5.41, 5.74) is 1.60. The first-order valence-corrected chi connectivity index (χ1v) is 9.81. The number of nitrogens with one attached hydrogen (secondary N) is 1. The molecule has 0 saturated carbocycles. The van der Waals surface area contributed by atoms with Gasteiger partial charge >= 0.3 is 0 Å². The number of likely N-dealkylation sites (N-methyl/N-ethyl adjacent to an activating group) is 1. The fraction of sp³-hybridized carbons (Fsp3) is 0.190. The first kappa shape index (κ1) is 19.4. The highest BCUT2D eigenvalue weighted by atomic mass is 32.2. The van der Waals surface area contributed by atoms with Crippen LogP contribution in [0.4, 0.5) is 5.82 Å². The van der Waals surface area contributed by atoms with E-state index in [0.717, 1.165) is 10.5 Å². The number of amides is 1. The van der Waals surface area contributed by atoms with Crippen molar-refractivity contribution in [2.75, 3.05) is 12.4 Å². The number of hydrogen-bond donors (Lipinski definition) is 1. The number of rotatable bonds is 6. The van der Waals surface area contributed by atoms with Crippen molar-refractivity contribution in [1.82, 2.24) is 9.46 Å². The molecule has 7 nitrogen and oxygen atoms in total. The van der Waals surface area contributed by atoms with E-state index in [1.54, 1.807) is 29.6 Å². The number of anilines is 1. The third-order valence-electron chi connectivity index (χ3n) is 4.42. The molecule has 0 aliphatic carbocycles. The van der Waals surface area contributed by atoms with Crippen LogP contribution in [0.15, 0.2) is 70.1 Å². The molecule has 1 atom stereocenters. The van der Waals surface area contributed by atoms with Crippen LogP contribution < -0.4 is 5.32 Å². The molecular weight excluding hydrogens is 390 g/mol. The van der Waals surface area contributed by atoms with Gasteiger partial charge in [-0.15, -0.1) is 0 Å². The van der Waals surface area contributed by atoms with Crippen molar-refractivity contribution in [3.8, 4) is 0 Å². The summed E-state index contributed by atoms with van der Waals surface area (Å²) < 4.78 is 12.5. The van der Waals surface area contributed by atoms with Crippen molar-refractivity contribution in [3.05, 3.63) is 77.6 Å². The smallest absolute Gasteiger partial charge is 0.251 e. The second kappa shape index (κ2) is 8.60. The van der Waals surface area contributed by atoms with Crippen LogP contribution in [-0.2, 0) is 22.7 Å². The summed E-state index contributed by atoms with van der Waals surface area (Å²) in [5.74, 6) is 0.0384. The van der Waals surface area contributed by atoms with E-state index in [4.69, 9.17) is 9.26 Å². The van der Waals surface area contributed by atoms with Gasteiger partial charge in [0.15, 0.2) is 23.4 Å². The van der Waals surface area contributed by atoms with E-state index >= 15 is 0 Å². The normalized spacial score (nSPS) is 16.4. The standard InChI is InChI=1S/C21H19N3O4S/c1-24-19(20(25)16-9-5-6-10-17(16)29-24)21(26)22-18-11-15(28-23-18)13-27-12-14-7-3-2-4-8-14/h2-11,19H,12-13H2,1H3,(H,22,23,26). The Kier molecular flexibility index (Phi) is 5.75. The van der Waals surface area contributed by atoms with Crippen molar-refractivity contribution in [3.63, 3.8) is 0 Å². The van der Waals surface area contributed by atoms with Crippen molar-refractivity contribution >= 4 is 29.5 Å². The van der Waals surface area contributed by atoms with Gasteiger partial charge in [-0.05, 0) is 30.6 Å². The number of ketones is 1. The summed E-state index contributed by atoms with van der Waals surface area (Å²) in [6.45, 7) is 0.671. The Labute approximate surface area is 172 Å². The molecule has 1 unspecified atom stereocenters. The molecule has 3 aromatic rings. The summed E-state index contributed by atoms with van der Waals surface area (Å²) in [5, 5.41) is 6.50. The summed E-state index contributed by atoms with van der Waals surface area (Å²) in [7, 11) is 1.72. The number of fused-ring (bicyclic) bond motifs is 1. The van der Waals surface area contributed by atoms with Gasteiger partial charge in [-0.25, -0.2) is 4.31 Å². The van der Waals surface area contributed by atoms with Crippen LogP contribution in [0.5, 0.6) is 0 Å². The number of benzene rings is 2. The van der Waals surface area contributed by atoms with Crippen LogP contribution in [0.2, 0.25) is 0 Å². The fourth-order valence-corrected chi connectivity index (χ4v) is 4.05. The number of Topliss-reactive ketones (excluding diaryl/α,β-unsaturated/α-hetero) is 1. The molecular formula is C21H19N3O4S. The summed E-state index contributed by atoms with van der Waals surface area (Å²) in [6, 6.07) is 17.7. The number of carbonyl (C=O) groups excluding carboxylic acids is 2. The molecule has 0 bridgehead atoms. The van der Waals surface area contributed by atoms with Crippen LogP contribution in [-0.4, -0.2) is 34.2 Å². The molecule has 1 aromatic heterocycles. The van der Waals surface area contributed by atoms with E-state index in [0.29, 0.717) is 17.9 Å². The molecule has 8 heteroatoms. The molecule has 0 fully saturated rings. The predicted octanol–water partition coefficient (Wildman–Crippen LogP) is 3.53. The Morgan fingerprint density at radius 2 is 1.93 bits per heavy atom.